The molecule has 1 heterocycles. The summed E-state index contributed by atoms with van der Waals surface area (Å²) in [5, 5.41) is 3.65. The highest BCUT2D eigenvalue weighted by Gasteiger charge is 2.05. The summed E-state index contributed by atoms with van der Waals surface area (Å²) in [5.74, 6) is 6.33. The van der Waals surface area contributed by atoms with Crippen molar-refractivity contribution in [3.05, 3.63) is 47.4 Å². The van der Waals surface area contributed by atoms with Crippen molar-refractivity contribution < 1.29 is 0 Å². The highest BCUT2D eigenvalue weighted by molar-refractivity contribution is 7.17. The fraction of sp³-hybridized carbons (Fsp3) is 0.368. The number of likely N-dealkylation sites (N-methyl/N-ethyl adjacent to an activating group) is 1. The first-order valence-corrected chi connectivity index (χ1v) is 8.15. The van der Waals surface area contributed by atoms with E-state index >= 15 is 0 Å². The third kappa shape index (κ3) is 5.85. The van der Waals surface area contributed by atoms with Gasteiger partial charge in [0.25, 0.3) is 0 Å². The fourth-order valence-corrected chi connectivity index (χ4v) is 3.01. The normalized spacial score (nSPS) is 11.5. The molecule has 1 aromatic heterocycles. The van der Waals surface area contributed by atoms with E-state index in [9.17, 15) is 0 Å². The lowest BCUT2D eigenvalue weighted by Gasteiger charge is -2.13. The van der Waals surface area contributed by atoms with Gasteiger partial charge in [0.05, 0.1) is 0 Å². The van der Waals surface area contributed by atoms with Gasteiger partial charge in [-0.15, -0.1) is 23.7 Å². The smallest absolute Gasteiger partial charge is 0.0346 e. The first kappa shape index (κ1) is 18.8. The summed E-state index contributed by atoms with van der Waals surface area (Å²) in [6.45, 7) is 8.27. The molecule has 0 N–H and O–H groups in total. The fourth-order valence-electron chi connectivity index (χ4n) is 2.06. The van der Waals surface area contributed by atoms with E-state index in [4.69, 9.17) is 0 Å². The molecule has 0 aliphatic rings. The average molecular weight is 334 g/mol. The van der Waals surface area contributed by atoms with Crippen molar-refractivity contribution in [2.45, 2.75) is 27.3 Å². The Kier molecular flexibility index (Phi) is 7.16. The van der Waals surface area contributed by atoms with E-state index in [0.717, 1.165) is 13.1 Å². The van der Waals surface area contributed by atoms with E-state index in [1.165, 1.54) is 15.6 Å². The van der Waals surface area contributed by atoms with Crippen molar-refractivity contribution in [1.82, 2.24) is 4.90 Å². The molecule has 0 atom stereocenters. The molecular formula is C19H24ClNS. The molecule has 1 nitrogen and oxygen atoms in total. The van der Waals surface area contributed by atoms with Crippen molar-refractivity contribution in [2.24, 2.45) is 5.41 Å². The van der Waals surface area contributed by atoms with Crippen LogP contribution in [0.3, 0.4) is 0 Å². The lowest BCUT2D eigenvalue weighted by Crippen LogP contribution is -2.17. The number of halogens is 1. The summed E-state index contributed by atoms with van der Waals surface area (Å²) >= 11 is 1.82. The number of fused-ring (bicyclic) bond motifs is 1. The predicted molar refractivity (Wildman–Crippen MR) is 102 cm³/mol. The number of rotatable bonds is 4. The van der Waals surface area contributed by atoms with Crippen LogP contribution in [0.25, 0.3) is 10.1 Å². The summed E-state index contributed by atoms with van der Waals surface area (Å²) in [5.41, 5.74) is 1.48. The van der Waals surface area contributed by atoms with Gasteiger partial charge in [-0.1, -0.05) is 36.1 Å². The second-order valence-electron chi connectivity index (χ2n) is 6.38. The quantitative estimate of drug-likeness (QED) is 0.681. The number of hydrogen-bond donors (Lipinski definition) is 0. The summed E-state index contributed by atoms with van der Waals surface area (Å²) < 4.78 is 1.37. The highest BCUT2D eigenvalue weighted by atomic mass is 35.5. The van der Waals surface area contributed by atoms with Gasteiger partial charge in [0.1, 0.15) is 0 Å². The minimum Gasteiger partial charge on any atom is -0.298 e. The summed E-state index contributed by atoms with van der Waals surface area (Å²) in [6.07, 6.45) is 4.10. The zero-order chi connectivity index (χ0) is 15.3. The van der Waals surface area contributed by atoms with Gasteiger partial charge in [0.15, 0.2) is 0 Å². The Hall–Kier alpha value is -1.27. The zero-order valence-corrected chi connectivity index (χ0v) is 15.4. The van der Waals surface area contributed by atoms with Crippen molar-refractivity contribution in [1.29, 1.82) is 0 Å². The van der Waals surface area contributed by atoms with E-state index in [2.05, 4.69) is 80.3 Å². The molecule has 0 radical (unpaired) electrons. The molecule has 0 bridgehead atoms. The Morgan fingerprint density at radius 2 is 1.95 bits per heavy atom. The number of hydrogen-bond acceptors (Lipinski definition) is 2. The predicted octanol–water partition coefficient (Wildman–Crippen LogP) is 5.36. The molecule has 2 rings (SSSR count). The molecule has 2 aromatic rings. The van der Waals surface area contributed by atoms with Gasteiger partial charge in [0, 0.05) is 23.2 Å². The van der Waals surface area contributed by atoms with Gasteiger partial charge in [-0.3, -0.25) is 4.90 Å². The molecule has 0 saturated carbocycles. The second kappa shape index (κ2) is 8.39. The lowest BCUT2D eigenvalue weighted by atomic mass is 9.98. The van der Waals surface area contributed by atoms with E-state index < -0.39 is 0 Å². The number of thiophene rings is 1. The van der Waals surface area contributed by atoms with E-state index in [1.807, 2.05) is 17.4 Å². The second-order valence-corrected chi connectivity index (χ2v) is 7.29. The van der Waals surface area contributed by atoms with Crippen LogP contribution in [0.15, 0.2) is 41.8 Å². The van der Waals surface area contributed by atoms with Gasteiger partial charge in [-0.2, -0.15) is 0 Å². The van der Waals surface area contributed by atoms with Gasteiger partial charge in [0.2, 0.25) is 0 Å². The largest absolute Gasteiger partial charge is 0.298 e. The molecule has 118 valence electrons. The Balaban J connectivity index is 0.00000242. The molecule has 0 unspecified atom stereocenters. The summed E-state index contributed by atoms with van der Waals surface area (Å²) in [7, 11) is 2.15. The van der Waals surface area contributed by atoms with E-state index in [0.29, 0.717) is 0 Å². The van der Waals surface area contributed by atoms with Crippen molar-refractivity contribution in [3.63, 3.8) is 0 Å². The van der Waals surface area contributed by atoms with Crippen molar-refractivity contribution in [2.75, 3.05) is 13.6 Å². The maximum Gasteiger partial charge on any atom is 0.0346 e. The van der Waals surface area contributed by atoms with Crippen molar-refractivity contribution in [3.8, 4) is 11.8 Å². The monoisotopic (exact) mass is 333 g/mol. The number of benzene rings is 1. The van der Waals surface area contributed by atoms with Crippen LogP contribution in [0, 0.1) is 17.3 Å². The molecule has 0 aliphatic carbocycles. The molecular weight excluding hydrogens is 310 g/mol. The van der Waals surface area contributed by atoms with E-state index in [1.54, 1.807) is 0 Å². The van der Waals surface area contributed by atoms with Crippen LogP contribution in [0.1, 0.15) is 26.3 Å². The van der Waals surface area contributed by atoms with Crippen LogP contribution in [-0.2, 0) is 6.54 Å². The van der Waals surface area contributed by atoms with Crippen LogP contribution in [-0.4, -0.2) is 18.5 Å². The zero-order valence-electron chi connectivity index (χ0n) is 13.7. The molecule has 0 amide bonds. The van der Waals surface area contributed by atoms with Crippen LogP contribution in [0.5, 0.6) is 0 Å². The third-order valence-electron chi connectivity index (χ3n) is 3.07. The Morgan fingerprint density at radius 3 is 2.68 bits per heavy atom. The lowest BCUT2D eigenvalue weighted by molar-refractivity contribution is 0.365. The molecule has 3 heteroatoms. The highest BCUT2D eigenvalue weighted by Crippen LogP contribution is 2.26. The maximum atomic E-state index is 3.21. The number of nitrogens with zero attached hydrogens (tertiary/aromatic N) is 1. The van der Waals surface area contributed by atoms with E-state index in [-0.39, 0.29) is 17.8 Å². The van der Waals surface area contributed by atoms with Gasteiger partial charge in [-0.05, 0) is 56.3 Å². The third-order valence-corrected chi connectivity index (χ3v) is 4.08. The molecule has 22 heavy (non-hydrogen) atoms. The van der Waals surface area contributed by atoms with Crippen molar-refractivity contribution >= 4 is 33.8 Å². The van der Waals surface area contributed by atoms with Gasteiger partial charge >= 0.3 is 0 Å². The Morgan fingerprint density at radius 1 is 1.23 bits per heavy atom. The molecule has 0 aliphatic heterocycles. The molecule has 0 saturated heterocycles. The minimum atomic E-state index is 0. The van der Waals surface area contributed by atoms with Crippen LogP contribution in [0.4, 0.5) is 0 Å². The standard InChI is InChI=1S/C19H23NS.ClH/c1-19(2,3)12-8-5-9-13-20(4)14-16-15-21-18-11-7-6-10-17(16)18;/h5-7,9-11,15H,13-14H2,1-4H3;1H/b9-5+;. The topological polar surface area (TPSA) is 3.24 Å². The van der Waals surface area contributed by atoms with Crippen LogP contribution < -0.4 is 0 Å². The maximum absolute atomic E-state index is 3.21. The number of allylic oxidation sites excluding steroid dienone is 1. The molecule has 1 aromatic carbocycles. The Labute approximate surface area is 144 Å². The van der Waals surface area contributed by atoms with Gasteiger partial charge < -0.3 is 0 Å². The first-order valence-electron chi connectivity index (χ1n) is 7.27. The summed E-state index contributed by atoms with van der Waals surface area (Å²) in [6, 6.07) is 8.61. The molecule has 0 spiro atoms. The van der Waals surface area contributed by atoms with Crippen LogP contribution >= 0.6 is 23.7 Å². The van der Waals surface area contributed by atoms with Crippen LogP contribution in [0.2, 0.25) is 0 Å². The average Bonchev–Trinajstić information content (AvgIpc) is 2.81. The molecule has 0 fully saturated rings. The summed E-state index contributed by atoms with van der Waals surface area (Å²) in [4.78, 5) is 2.31. The first-order chi connectivity index (χ1) is 9.96. The van der Waals surface area contributed by atoms with Gasteiger partial charge in [-0.25, -0.2) is 0 Å². The minimum absolute atomic E-state index is 0. The Bertz CT molecular complexity index is 683. The SMILES string of the molecule is CN(C/C=C/C#CC(C)(C)C)Cc1csc2ccccc12.Cl.